The van der Waals surface area contributed by atoms with Gasteiger partial charge in [-0.25, -0.2) is 0 Å². The van der Waals surface area contributed by atoms with Gasteiger partial charge in [0.1, 0.15) is 13.2 Å². The molecule has 0 aromatic rings. The lowest BCUT2D eigenvalue weighted by Crippen LogP contribution is -2.46. The summed E-state index contributed by atoms with van der Waals surface area (Å²) in [6, 6.07) is -0.801. The summed E-state index contributed by atoms with van der Waals surface area (Å²) in [6.45, 7) is 4.66. The molecule has 80 heavy (non-hydrogen) atoms. The van der Waals surface area contributed by atoms with Gasteiger partial charge in [-0.1, -0.05) is 339 Å². The highest BCUT2D eigenvalue weighted by Gasteiger charge is 2.24. The van der Waals surface area contributed by atoms with Crippen LogP contribution in [0.4, 0.5) is 0 Å². The van der Waals surface area contributed by atoms with E-state index in [9.17, 15) is 19.4 Å². The van der Waals surface area contributed by atoms with Crippen molar-refractivity contribution >= 4 is 13.7 Å². The summed E-state index contributed by atoms with van der Waals surface area (Å²) in [5.41, 5.74) is 0. The zero-order valence-corrected chi connectivity index (χ0v) is 54.9. The molecule has 0 radical (unpaired) electrons. The molecule has 0 aromatic heterocycles. The molecule has 3 atom stereocenters. The molecule has 8 nitrogen and oxygen atoms in total. The molecule has 9 heteroatoms. The van der Waals surface area contributed by atoms with Crippen LogP contribution < -0.4 is 10.2 Å². The third-order valence-corrected chi connectivity index (χ3v) is 17.0. The van der Waals surface area contributed by atoms with E-state index in [2.05, 4.69) is 67.8 Å². The molecular weight excluding hydrogens is 1010 g/mol. The molecule has 472 valence electrons. The van der Waals surface area contributed by atoms with Gasteiger partial charge in [-0.2, -0.15) is 0 Å². The third kappa shape index (κ3) is 64.0. The molecule has 2 N–H and O–H groups in total. The molecule has 0 aliphatic rings. The van der Waals surface area contributed by atoms with Gasteiger partial charge >= 0.3 is 0 Å². The summed E-state index contributed by atoms with van der Waals surface area (Å²) < 4.78 is 23.5. The first kappa shape index (κ1) is 78.5. The molecule has 0 fully saturated rings. The van der Waals surface area contributed by atoms with Gasteiger partial charge in [0.15, 0.2) is 0 Å². The van der Waals surface area contributed by atoms with Gasteiger partial charge in [0, 0.05) is 6.42 Å². The summed E-state index contributed by atoms with van der Waals surface area (Å²) in [7, 11) is 1.32. The molecule has 0 bridgehead atoms. The van der Waals surface area contributed by atoms with Gasteiger partial charge in [0.25, 0.3) is 7.82 Å². The number of hydrogen-bond acceptors (Lipinski definition) is 6. The second kappa shape index (κ2) is 62.0. The van der Waals surface area contributed by atoms with Crippen LogP contribution in [0.2, 0.25) is 0 Å². The first-order valence-electron chi connectivity index (χ1n) is 35.0. The average Bonchev–Trinajstić information content (AvgIpc) is 3.42. The predicted molar refractivity (Wildman–Crippen MR) is 348 cm³/mol. The number of quaternary nitrogens is 1. The molecule has 0 saturated carbocycles. The highest BCUT2D eigenvalue weighted by molar-refractivity contribution is 7.45. The number of hydrogen-bond donors (Lipinski definition) is 2. The summed E-state index contributed by atoms with van der Waals surface area (Å²) >= 11 is 0. The largest absolute Gasteiger partial charge is 0.756 e. The van der Waals surface area contributed by atoms with Crippen molar-refractivity contribution in [2.45, 2.75) is 360 Å². The van der Waals surface area contributed by atoms with Crippen molar-refractivity contribution in [1.29, 1.82) is 0 Å². The molecule has 0 aliphatic heterocycles. The number of nitrogens with one attached hydrogen (secondary N) is 1. The Hall–Kier alpha value is -1.54. The van der Waals surface area contributed by atoms with Crippen LogP contribution in [0.1, 0.15) is 348 Å². The number of phosphoric acid groups is 1. The number of allylic oxidation sites excluding steroid dienone is 8. The fourth-order valence-electron chi connectivity index (χ4n) is 10.7. The first-order valence-corrected chi connectivity index (χ1v) is 36.4. The quantitative estimate of drug-likeness (QED) is 0.0272. The molecular formula is C71H137N2O6P. The van der Waals surface area contributed by atoms with Crippen molar-refractivity contribution in [1.82, 2.24) is 5.32 Å². The molecule has 1 amide bonds. The second-order valence-electron chi connectivity index (χ2n) is 25.2. The maximum absolute atomic E-state index is 13.1. The summed E-state index contributed by atoms with van der Waals surface area (Å²) in [4.78, 5) is 25.7. The normalized spacial score (nSPS) is 13.9. The molecule has 0 heterocycles. The van der Waals surface area contributed by atoms with E-state index in [-0.39, 0.29) is 19.1 Å². The first-order chi connectivity index (χ1) is 39.0. The molecule has 0 aliphatic carbocycles. The van der Waals surface area contributed by atoms with Crippen LogP contribution in [0, 0.1) is 0 Å². The van der Waals surface area contributed by atoms with Gasteiger partial charge < -0.3 is 28.8 Å². The lowest BCUT2D eigenvalue weighted by molar-refractivity contribution is -0.870. The summed E-state index contributed by atoms with van der Waals surface area (Å²) in [6.07, 6.45) is 83.3. The number of carbonyl (C=O) groups excluding carboxylic acids is 1. The molecule has 0 saturated heterocycles. The Labute approximate surface area is 499 Å². The Balaban J connectivity index is 3.97. The fraction of sp³-hybridized carbons (Fsp3) is 0.873. The number of unbranched alkanes of at least 4 members (excludes halogenated alkanes) is 44. The van der Waals surface area contributed by atoms with Gasteiger partial charge in [0.2, 0.25) is 5.91 Å². The zero-order valence-electron chi connectivity index (χ0n) is 54.0. The van der Waals surface area contributed by atoms with E-state index >= 15 is 0 Å². The molecule has 3 unspecified atom stereocenters. The minimum absolute atomic E-state index is 0.0141. The molecule has 0 aromatic carbocycles. The number of carbonyl (C=O) groups is 1. The van der Waals surface area contributed by atoms with Crippen LogP contribution in [-0.4, -0.2) is 68.5 Å². The van der Waals surface area contributed by atoms with E-state index in [1.165, 1.54) is 257 Å². The maximum Gasteiger partial charge on any atom is 0.268 e. The van der Waals surface area contributed by atoms with E-state index in [1.54, 1.807) is 0 Å². The third-order valence-electron chi connectivity index (χ3n) is 16.1. The van der Waals surface area contributed by atoms with Crippen molar-refractivity contribution < 1.29 is 32.9 Å². The Kier molecular flexibility index (Phi) is 60.8. The van der Waals surface area contributed by atoms with E-state index in [0.29, 0.717) is 23.9 Å². The smallest absolute Gasteiger partial charge is 0.268 e. The van der Waals surface area contributed by atoms with Gasteiger partial charge in [-0.3, -0.25) is 9.36 Å². The Morgan fingerprint density at radius 1 is 0.450 bits per heavy atom. The number of likely N-dealkylation sites (N-methyl/N-ethyl adjacent to an activating group) is 1. The van der Waals surface area contributed by atoms with Gasteiger partial charge in [-0.05, 0) is 51.4 Å². The minimum Gasteiger partial charge on any atom is -0.756 e. The Bertz CT molecular complexity index is 1440. The van der Waals surface area contributed by atoms with E-state index in [4.69, 9.17) is 9.05 Å². The van der Waals surface area contributed by atoms with E-state index in [0.717, 1.165) is 64.2 Å². The second-order valence-corrected chi connectivity index (χ2v) is 26.6. The Morgan fingerprint density at radius 3 is 1.11 bits per heavy atom. The molecule has 0 rings (SSSR count). The summed E-state index contributed by atoms with van der Waals surface area (Å²) in [5, 5.41) is 14.1. The number of phosphoric ester groups is 1. The minimum atomic E-state index is -4.58. The van der Waals surface area contributed by atoms with E-state index < -0.39 is 20.0 Å². The monoisotopic (exact) mass is 1150 g/mol. The van der Waals surface area contributed by atoms with Crippen molar-refractivity contribution in [3.05, 3.63) is 48.6 Å². The van der Waals surface area contributed by atoms with Crippen LogP contribution in [0.25, 0.3) is 0 Å². The average molecular weight is 1150 g/mol. The van der Waals surface area contributed by atoms with Gasteiger partial charge in [-0.15, -0.1) is 0 Å². The van der Waals surface area contributed by atoms with Crippen molar-refractivity contribution in [3.63, 3.8) is 0 Å². The SMILES string of the molecule is CC/C=C\C/C=C\C/C=C\C/C=C\CCCCCCCCCCCCCCCCCCCCCCCCC(=O)NC(COP(=O)([O-])OCC[N+](C)(C)C)C(O)CCCCCCCCCCCCCCCCCCCCCCCCC. The number of amides is 1. The zero-order chi connectivity index (χ0) is 58.4. The summed E-state index contributed by atoms with van der Waals surface area (Å²) in [5.74, 6) is -0.157. The highest BCUT2D eigenvalue weighted by Crippen LogP contribution is 2.38. The number of nitrogens with zero attached hydrogens (tertiary/aromatic N) is 1. The van der Waals surface area contributed by atoms with Crippen LogP contribution in [0.5, 0.6) is 0 Å². The Morgan fingerprint density at radius 2 is 0.762 bits per heavy atom. The van der Waals surface area contributed by atoms with E-state index in [1.807, 2.05) is 21.1 Å². The topological polar surface area (TPSA) is 108 Å². The lowest BCUT2D eigenvalue weighted by atomic mass is 10.0. The highest BCUT2D eigenvalue weighted by atomic mass is 31.2. The van der Waals surface area contributed by atoms with Crippen LogP contribution in [0.3, 0.4) is 0 Å². The standard InChI is InChI=1S/C71H137N2O6P/c1-6-8-10-12-14-16-18-20-22-24-26-28-30-31-32-33-34-35-36-37-38-39-40-41-43-45-47-49-51-53-55-57-59-61-63-65-71(75)72-69(68-79-80(76,77)78-67-66-73(3,4)5)70(74)64-62-60-58-56-54-52-50-48-46-44-42-29-27-25-23-21-19-17-15-13-11-9-7-2/h8,10,14,16,20,22,26,28,69-70,74H,6-7,9,11-13,15,17-19,21,23-25,27,29-68H2,1-5H3,(H-,72,75,76,77)/b10-8-,16-14-,22-20-,28-26-. The van der Waals surface area contributed by atoms with Crippen LogP contribution in [-0.2, 0) is 18.4 Å². The lowest BCUT2D eigenvalue weighted by Gasteiger charge is -2.30. The van der Waals surface area contributed by atoms with Crippen molar-refractivity contribution in [2.24, 2.45) is 0 Å². The van der Waals surface area contributed by atoms with Crippen molar-refractivity contribution in [2.75, 3.05) is 40.9 Å². The predicted octanol–water partition coefficient (Wildman–Crippen LogP) is 21.6. The number of aliphatic hydroxyl groups excluding tert-OH is 1. The van der Waals surface area contributed by atoms with Crippen LogP contribution >= 0.6 is 7.82 Å². The number of rotatable bonds is 65. The maximum atomic E-state index is 13.1. The fourth-order valence-corrected chi connectivity index (χ4v) is 11.4. The number of aliphatic hydroxyl groups is 1. The van der Waals surface area contributed by atoms with Crippen LogP contribution in [0.15, 0.2) is 48.6 Å². The molecule has 0 spiro atoms. The van der Waals surface area contributed by atoms with Crippen molar-refractivity contribution in [3.8, 4) is 0 Å². The van der Waals surface area contributed by atoms with Gasteiger partial charge in [0.05, 0.1) is 39.9 Å².